The smallest absolute Gasteiger partial charge is 0.254 e. The fourth-order valence-electron chi connectivity index (χ4n) is 3.05. The Morgan fingerprint density at radius 2 is 2.12 bits per heavy atom. The molecule has 0 N–H and O–H groups in total. The molecule has 1 amide bonds. The number of carbonyl (C=O) groups excluding carboxylic acids is 1. The SMILES string of the molecule is O=C(c1ccsc1)N1CCC[C@H](c2nc(-c3ccc(F)cc3)no2)C1. The zero-order chi connectivity index (χ0) is 17.2. The summed E-state index contributed by atoms with van der Waals surface area (Å²) < 4.78 is 18.4. The first kappa shape index (κ1) is 16.0. The van der Waals surface area contributed by atoms with Crippen LogP contribution in [0.5, 0.6) is 0 Å². The van der Waals surface area contributed by atoms with E-state index in [1.807, 2.05) is 21.7 Å². The van der Waals surface area contributed by atoms with Crippen molar-refractivity contribution in [1.29, 1.82) is 0 Å². The number of nitrogens with zero attached hydrogens (tertiary/aromatic N) is 3. The number of benzene rings is 1. The standard InChI is InChI=1S/C18H16FN3O2S/c19-15-5-3-12(4-6-15)16-20-17(24-21-16)13-2-1-8-22(10-13)18(23)14-7-9-25-11-14/h3-7,9,11,13H,1-2,8,10H2/t13-/m0/s1. The molecule has 0 spiro atoms. The van der Waals surface area contributed by atoms with E-state index in [0.29, 0.717) is 23.8 Å². The largest absolute Gasteiger partial charge is 0.339 e. The number of aromatic nitrogens is 2. The molecule has 0 aliphatic carbocycles. The monoisotopic (exact) mass is 357 g/mol. The number of carbonyl (C=O) groups is 1. The summed E-state index contributed by atoms with van der Waals surface area (Å²) in [5, 5.41) is 7.77. The molecule has 0 bridgehead atoms. The predicted molar refractivity (Wildman–Crippen MR) is 91.9 cm³/mol. The van der Waals surface area contributed by atoms with Crippen LogP contribution < -0.4 is 0 Å². The molecule has 3 aromatic rings. The van der Waals surface area contributed by atoms with Gasteiger partial charge in [0.05, 0.1) is 11.5 Å². The Bertz CT molecular complexity index is 861. The minimum absolute atomic E-state index is 0.0260. The van der Waals surface area contributed by atoms with Gasteiger partial charge in [0.1, 0.15) is 5.82 Å². The number of halogens is 1. The first-order valence-corrected chi connectivity index (χ1v) is 9.06. The fraction of sp³-hybridized carbons (Fsp3) is 0.278. The fourth-order valence-corrected chi connectivity index (χ4v) is 3.68. The van der Waals surface area contributed by atoms with Gasteiger partial charge in [0.25, 0.3) is 5.91 Å². The molecule has 7 heteroatoms. The Morgan fingerprint density at radius 1 is 1.28 bits per heavy atom. The lowest BCUT2D eigenvalue weighted by molar-refractivity contribution is 0.0696. The lowest BCUT2D eigenvalue weighted by Gasteiger charge is -2.30. The summed E-state index contributed by atoms with van der Waals surface area (Å²) in [6.07, 6.45) is 1.80. The maximum Gasteiger partial charge on any atom is 0.254 e. The van der Waals surface area contributed by atoms with E-state index in [1.165, 1.54) is 23.5 Å². The summed E-state index contributed by atoms with van der Waals surface area (Å²) >= 11 is 1.52. The summed E-state index contributed by atoms with van der Waals surface area (Å²) in [5.74, 6) is 0.739. The van der Waals surface area contributed by atoms with E-state index < -0.39 is 0 Å². The summed E-state index contributed by atoms with van der Waals surface area (Å²) in [6.45, 7) is 1.31. The summed E-state index contributed by atoms with van der Waals surface area (Å²) in [7, 11) is 0. The van der Waals surface area contributed by atoms with Crippen molar-refractivity contribution in [3.8, 4) is 11.4 Å². The number of hydrogen-bond donors (Lipinski definition) is 0. The molecule has 1 aliphatic rings. The van der Waals surface area contributed by atoms with E-state index in [2.05, 4.69) is 10.1 Å². The van der Waals surface area contributed by atoms with E-state index in [-0.39, 0.29) is 17.6 Å². The highest BCUT2D eigenvalue weighted by Crippen LogP contribution is 2.28. The van der Waals surface area contributed by atoms with Gasteiger partial charge in [-0.2, -0.15) is 16.3 Å². The molecule has 1 aromatic carbocycles. The lowest BCUT2D eigenvalue weighted by atomic mass is 9.97. The highest BCUT2D eigenvalue weighted by Gasteiger charge is 2.29. The van der Waals surface area contributed by atoms with Crippen LogP contribution in [0.1, 0.15) is 35.0 Å². The molecule has 0 saturated carbocycles. The number of rotatable bonds is 3. The van der Waals surface area contributed by atoms with Crippen LogP contribution in [0, 0.1) is 5.82 Å². The van der Waals surface area contributed by atoms with E-state index in [9.17, 15) is 9.18 Å². The second kappa shape index (κ2) is 6.76. The van der Waals surface area contributed by atoms with E-state index in [4.69, 9.17) is 4.52 Å². The van der Waals surface area contributed by atoms with Crippen molar-refractivity contribution in [3.63, 3.8) is 0 Å². The van der Waals surface area contributed by atoms with Crippen LogP contribution in [-0.2, 0) is 0 Å². The summed E-state index contributed by atoms with van der Waals surface area (Å²) in [4.78, 5) is 18.8. The Morgan fingerprint density at radius 3 is 2.88 bits per heavy atom. The van der Waals surface area contributed by atoms with Gasteiger partial charge in [0.15, 0.2) is 0 Å². The Labute approximate surface area is 148 Å². The average Bonchev–Trinajstić information content (AvgIpc) is 3.34. The van der Waals surface area contributed by atoms with Gasteiger partial charge in [-0.3, -0.25) is 4.79 Å². The number of thiophene rings is 1. The van der Waals surface area contributed by atoms with Crippen LogP contribution in [0.15, 0.2) is 45.6 Å². The number of amides is 1. The van der Waals surface area contributed by atoms with E-state index in [0.717, 1.165) is 24.9 Å². The van der Waals surface area contributed by atoms with Gasteiger partial charge in [0.2, 0.25) is 11.7 Å². The highest BCUT2D eigenvalue weighted by atomic mass is 32.1. The van der Waals surface area contributed by atoms with Gasteiger partial charge in [0, 0.05) is 24.0 Å². The van der Waals surface area contributed by atoms with Gasteiger partial charge < -0.3 is 9.42 Å². The van der Waals surface area contributed by atoms with Crippen molar-refractivity contribution in [2.45, 2.75) is 18.8 Å². The number of likely N-dealkylation sites (tertiary alicyclic amines) is 1. The number of hydrogen-bond acceptors (Lipinski definition) is 5. The van der Waals surface area contributed by atoms with Crippen LogP contribution in [0.3, 0.4) is 0 Å². The quantitative estimate of drug-likeness (QED) is 0.712. The van der Waals surface area contributed by atoms with Crippen molar-refractivity contribution in [2.24, 2.45) is 0 Å². The third-order valence-electron chi connectivity index (χ3n) is 4.37. The van der Waals surface area contributed by atoms with Crippen LogP contribution >= 0.6 is 11.3 Å². The second-order valence-corrected chi connectivity index (χ2v) is 6.85. The average molecular weight is 357 g/mol. The molecule has 1 atom stereocenters. The minimum atomic E-state index is -0.303. The normalized spacial score (nSPS) is 17.6. The lowest BCUT2D eigenvalue weighted by Crippen LogP contribution is -2.39. The molecule has 3 heterocycles. The van der Waals surface area contributed by atoms with E-state index in [1.54, 1.807) is 12.1 Å². The molecule has 128 valence electrons. The maximum atomic E-state index is 13.0. The molecule has 0 unspecified atom stereocenters. The molecule has 0 radical (unpaired) electrons. The van der Waals surface area contributed by atoms with E-state index >= 15 is 0 Å². The molecule has 25 heavy (non-hydrogen) atoms. The predicted octanol–water partition coefficient (Wildman–Crippen LogP) is 3.96. The summed E-state index contributed by atoms with van der Waals surface area (Å²) in [5.41, 5.74) is 1.43. The van der Waals surface area contributed by atoms with Crippen LogP contribution in [0.2, 0.25) is 0 Å². The molecule has 1 saturated heterocycles. The Hall–Kier alpha value is -2.54. The van der Waals surface area contributed by atoms with Crippen LogP contribution in [0.25, 0.3) is 11.4 Å². The first-order chi connectivity index (χ1) is 12.2. The van der Waals surface area contributed by atoms with Crippen molar-refractivity contribution in [2.75, 3.05) is 13.1 Å². The van der Waals surface area contributed by atoms with Gasteiger partial charge in [-0.1, -0.05) is 5.16 Å². The minimum Gasteiger partial charge on any atom is -0.339 e. The van der Waals surface area contributed by atoms with Crippen molar-refractivity contribution in [1.82, 2.24) is 15.0 Å². The molecule has 1 aliphatic heterocycles. The van der Waals surface area contributed by atoms with Gasteiger partial charge in [-0.25, -0.2) is 4.39 Å². The Balaban J connectivity index is 1.50. The van der Waals surface area contributed by atoms with Crippen molar-refractivity contribution < 1.29 is 13.7 Å². The summed E-state index contributed by atoms with van der Waals surface area (Å²) in [6, 6.07) is 7.82. The zero-order valence-corrected chi connectivity index (χ0v) is 14.2. The molecular weight excluding hydrogens is 341 g/mol. The van der Waals surface area contributed by atoms with Gasteiger partial charge >= 0.3 is 0 Å². The third kappa shape index (κ3) is 3.32. The zero-order valence-electron chi connectivity index (χ0n) is 13.4. The topological polar surface area (TPSA) is 59.2 Å². The maximum absolute atomic E-state index is 13.0. The van der Waals surface area contributed by atoms with Crippen LogP contribution in [0.4, 0.5) is 4.39 Å². The molecule has 1 fully saturated rings. The van der Waals surface area contributed by atoms with Crippen LogP contribution in [-0.4, -0.2) is 34.0 Å². The van der Waals surface area contributed by atoms with Gasteiger partial charge in [-0.05, 0) is 48.6 Å². The second-order valence-electron chi connectivity index (χ2n) is 6.07. The van der Waals surface area contributed by atoms with Crippen molar-refractivity contribution >= 4 is 17.2 Å². The molecular formula is C18H16FN3O2S. The molecule has 5 nitrogen and oxygen atoms in total. The third-order valence-corrected chi connectivity index (χ3v) is 5.05. The molecule has 4 rings (SSSR count). The first-order valence-electron chi connectivity index (χ1n) is 8.12. The number of piperidine rings is 1. The molecule has 2 aromatic heterocycles. The Kier molecular flexibility index (Phi) is 4.31. The van der Waals surface area contributed by atoms with Crippen molar-refractivity contribution in [3.05, 3.63) is 58.4 Å². The highest BCUT2D eigenvalue weighted by molar-refractivity contribution is 7.08. The van der Waals surface area contributed by atoms with Gasteiger partial charge in [-0.15, -0.1) is 0 Å².